The van der Waals surface area contributed by atoms with E-state index in [1.165, 1.54) is 6.07 Å². The van der Waals surface area contributed by atoms with Gasteiger partial charge in [0.25, 0.3) is 0 Å². The number of anilines is 1. The second-order valence-corrected chi connectivity index (χ2v) is 5.04. The number of pyridine rings is 1. The highest BCUT2D eigenvalue weighted by atomic mass is 19.4. The third-order valence-corrected chi connectivity index (χ3v) is 1.99. The Morgan fingerprint density at radius 3 is 2.33 bits per heavy atom. The molecule has 0 spiro atoms. The van der Waals surface area contributed by atoms with Gasteiger partial charge in [-0.1, -0.05) is 6.07 Å². The molecule has 18 heavy (non-hydrogen) atoms. The van der Waals surface area contributed by atoms with Crippen LogP contribution in [0.25, 0.3) is 0 Å². The van der Waals surface area contributed by atoms with Crippen LogP contribution in [0, 0.1) is 0 Å². The molecule has 0 fully saturated rings. The molecule has 0 aliphatic rings. The van der Waals surface area contributed by atoms with Crippen molar-refractivity contribution < 1.29 is 17.9 Å². The Morgan fingerprint density at radius 1 is 1.22 bits per heavy atom. The Kier molecular flexibility index (Phi) is 4.09. The van der Waals surface area contributed by atoms with E-state index in [4.69, 9.17) is 4.74 Å². The number of hydrogen-bond donors (Lipinski definition) is 1. The fraction of sp³-hybridized carbons (Fsp3) is 0.583. The standard InChI is InChI=1S/C12H17F3N2O/c1-8(12(13,14)15)18-10-7-5-6-9(16-10)17-11(2,3)4/h5-8H,1-4H3,(H,16,17). The average molecular weight is 262 g/mol. The zero-order chi connectivity index (χ0) is 14.0. The van der Waals surface area contributed by atoms with Crippen molar-refractivity contribution in [1.29, 1.82) is 0 Å². The number of aromatic nitrogens is 1. The molecule has 0 aliphatic carbocycles. The molecule has 1 rings (SSSR count). The molecule has 1 aromatic heterocycles. The van der Waals surface area contributed by atoms with Crippen LogP contribution in [0.5, 0.6) is 5.88 Å². The van der Waals surface area contributed by atoms with Gasteiger partial charge in [0.1, 0.15) is 5.82 Å². The Bertz CT molecular complexity index is 399. The van der Waals surface area contributed by atoms with Gasteiger partial charge in [0, 0.05) is 11.6 Å². The summed E-state index contributed by atoms with van der Waals surface area (Å²) in [7, 11) is 0. The second-order valence-electron chi connectivity index (χ2n) is 5.04. The summed E-state index contributed by atoms with van der Waals surface area (Å²) in [6.45, 7) is 6.74. The van der Waals surface area contributed by atoms with Crippen LogP contribution in [-0.2, 0) is 0 Å². The Morgan fingerprint density at radius 2 is 1.83 bits per heavy atom. The smallest absolute Gasteiger partial charge is 0.425 e. The van der Waals surface area contributed by atoms with E-state index in [-0.39, 0.29) is 11.4 Å². The van der Waals surface area contributed by atoms with Crippen LogP contribution in [-0.4, -0.2) is 22.8 Å². The van der Waals surface area contributed by atoms with E-state index >= 15 is 0 Å². The molecule has 0 amide bonds. The molecule has 0 saturated carbocycles. The topological polar surface area (TPSA) is 34.1 Å². The van der Waals surface area contributed by atoms with Crippen LogP contribution in [0.4, 0.5) is 19.0 Å². The van der Waals surface area contributed by atoms with E-state index in [0.717, 1.165) is 6.92 Å². The van der Waals surface area contributed by atoms with Gasteiger partial charge >= 0.3 is 6.18 Å². The predicted octanol–water partition coefficient (Wildman–Crippen LogP) is 3.62. The molecule has 102 valence electrons. The molecule has 3 nitrogen and oxygen atoms in total. The van der Waals surface area contributed by atoms with Crippen molar-refractivity contribution >= 4 is 5.82 Å². The maximum atomic E-state index is 12.3. The Hall–Kier alpha value is -1.46. The Labute approximate surface area is 104 Å². The number of rotatable bonds is 3. The first-order valence-corrected chi connectivity index (χ1v) is 5.56. The second kappa shape index (κ2) is 5.04. The first-order chi connectivity index (χ1) is 8.08. The highest BCUT2D eigenvalue weighted by molar-refractivity contribution is 5.39. The number of alkyl halides is 3. The van der Waals surface area contributed by atoms with Crippen LogP contribution in [0.1, 0.15) is 27.7 Å². The third-order valence-electron chi connectivity index (χ3n) is 1.99. The fourth-order valence-electron chi connectivity index (χ4n) is 1.18. The molecule has 0 aliphatic heterocycles. The van der Waals surface area contributed by atoms with Gasteiger partial charge in [-0.05, 0) is 33.8 Å². The quantitative estimate of drug-likeness (QED) is 0.903. The molecule has 1 N–H and O–H groups in total. The van der Waals surface area contributed by atoms with Gasteiger partial charge in [-0.3, -0.25) is 0 Å². The molecular formula is C12H17F3N2O. The zero-order valence-electron chi connectivity index (χ0n) is 10.8. The predicted molar refractivity (Wildman–Crippen MR) is 63.8 cm³/mol. The lowest BCUT2D eigenvalue weighted by Gasteiger charge is -2.22. The van der Waals surface area contributed by atoms with Crippen LogP contribution in [0.15, 0.2) is 18.2 Å². The molecule has 1 heterocycles. The van der Waals surface area contributed by atoms with Crippen molar-refractivity contribution in [3.8, 4) is 5.88 Å². The van der Waals surface area contributed by atoms with E-state index < -0.39 is 12.3 Å². The highest BCUT2D eigenvalue weighted by Crippen LogP contribution is 2.24. The average Bonchev–Trinajstić information content (AvgIpc) is 2.13. The fourth-order valence-corrected chi connectivity index (χ4v) is 1.18. The molecule has 0 radical (unpaired) electrons. The van der Waals surface area contributed by atoms with Crippen LogP contribution >= 0.6 is 0 Å². The number of nitrogens with zero attached hydrogens (tertiary/aromatic N) is 1. The van der Waals surface area contributed by atoms with Crippen LogP contribution in [0.3, 0.4) is 0 Å². The summed E-state index contributed by atoms with van der Waals surface area (Å²) < 4.78 is 41.8. The van der Waals surface area contributed by atoms with Crippen LogP contribution < -0.4 is 10.1 Å². The van der Waals surface area contributed by atoms with Gasteiger partial charge in [0.05, 0.1) is 0 Å². The van der Waals surface area contributed by atoms with Crippen molar-refractivity contribution in [2.45, 2.75) is 45.5 Å². The SMILES string of the molecule is CC(Oc1cccc(NC(C)(C)C)n1)C(F)(F)F. The third kappa shape index (κ3) is 4.81. The summed E-state index contributed by atoms with van der Waals surface area (Å²) in [4.78, 5) is 3.98. The largest absolute Gasteiger partial charge is 0.465 e. The number of halogens is 3. The molecule has 1 atom stereocenters. The zero-order valence-corrected chi connectivity index (χ0v) is 10.8. The molecule has 0 aromatic carbocycles. The number of nitrogens with one attached hydrogen (secondary N) is 1. The van der Waals surface area contributed by atoms with Gasteiger partial charge in [-0.2, -0.15) is 18.2 Å². The van der Waals surface area contributed by atoms with Crippen molar-refractivity contribution in [3.05, 3.63) is 18.2 Å². The molecule has 0 bridgehead atoms. The van der Waals surface area contributed by atoms with Gasteiger partial charge in [0.2, 0.25) is 5.88 Å². The van der Waals surface area contributed by atoms with E-state index in [9.17, 15) is 13.2 Å². The first-order valence-electron chi connectivity index (χ1n) is 5.56. The lowest BCUT2D eigenvalue weighted by Crippen LogP contribution is -2.31. The monoisotopic (exact) mass is 262 g/mol. The van der Waals surface area contributed by atoms with Crippen LogP contribution in [0.2, 0.25) is 0 Å². The summed E-state index contributed by atoms with van der Waals surface area (Å²) in [6, 6.07) is 4.67. The minimum absolute atomic E-state index is 0.0472. The van der Waals surface area contributed by atoms with Crippen molar-refractivity contribution in [3.63, 3.8) is 0 Å². The lowest BCUT2D eigenvalue weighted by atomic mass is 10.1. The number of hydrogen-bond acceptors (Lipinski definition) is 3. The number of ether oxygens (including phenoxy) is 1. The van der Waals surface area contributed by atoms with Gasteiger partial charge in [-0.25, -0.2) is 0 Å². The molecule has 0 saturated heterocycles. The molecular weight excluding hydrogens is 245 g/mol. The van der Waals surface area contributed by atoms with Crippen molar-refractivity contribution in [2.24, 2.45) is 0 Å². The van der Waals surface area contributed by atoms with E-state index in [2.05, 4.69) is 10.3 Å². The van der Waals surface area contributed by atoms with Crippen molar-refractivity contribution in [1.82, 2.24) is 4.98 Å². The Balaban J connectivity index is 2.77. The summed E-state index contributed by atoms with van der Waals surface area (Å²) in [5.74, 6) is 0.434. The molecule has 6 heteroatoms. The van der Waals surface area contributed by atoms with Crippen molar-refractivity contribution in [2.75, 3.05) is 5.32 Å². The van der Waals surface area contributed by atoms with Gasteiger partial charge in [-0.15, -0.1) is 0 Å². The minimum atomic E-state index is -4.39. The maximum Gasteiger partial charge on any atom is 0.425 e. The first kappa shape index (κ1) is 14.6. The highest BCUT2D eigenvalue weighted by Gasteiger charge is 2.38. The molecule has 1 unspecified atom stereocenters. The normalized spacial score (nSPS) is 14.2. The summed E-state index contributed by atoms with van der Waals surface area (Å²) in [5.41, 5.74) is -0.221. The maximum absolute atomic E-state index is 12.3. The lowest BCUT2D eigenvalue weighted by molar-refractivity contribution is -0.189. The summed E-state index contributed by atoms with van der Waals surface area (Å²) in [5, 5.41) is 3.06. The summed E-state index contributed by atoms with van der Waals surface area (Å²) in [6.07, 6.45) is -6.27. The van der Waals surface area contributed by atoms with Gasteiger partial charge < -0.3 is 10.1 Å². The van der Waals surface area contributed by atoms with E-state index in [1.807, 2.05) is 20.8 Å². The molecule has 1 aromatic rings. The summed E-state index contributed by atoms with van der Waals surface area (Å²) >= 11 is 0. The van der Waals surface area contributed by atoms with Gasteiger partial charge in [0.15, 0.2) is 6.10 Å². The minimum Gasteiger partial charge on any atom is -0.465 e. The van der Waals surface area contributed by atoms with E-state index in [1.54, 1.807) is 12.1 Å². The van der Waals surface area contributed by atoms with E-state index in [0.29, 0.717) is 5.82 Å².